The van der Waals surface area contributed by atoms with E-state index in [1.165, 1.54) is 12.1 Å². The molecule has 3 atom stereocenters. The van der Waals surface area contributed by atoms with Crippen LogP contribution >= 0.6 is 0 Å². The summed E-state index contributed by atoms with van der Waals surface area (Å²) in [6, 6.07) is 6.54. The Labute approximate surface area is 131 Å². The van der Waals surface area contributed by atoms with Crippen molar-refractivity contribution in [2.24, 2.45) is 10.8 Å². The maximum Gasteiger partial charge on any atom is 0.162 e. The summed E-state index contributed by atoms with van der Waals surface area (Å²) in [5.41, 5.74) is 16.6. The van der Waals surface area contributed by atoms with Gasteiger partial charge < -0.3 is 5.73 Å². The minimum Gasteiger partial charge on any atom is -0.323 e. The van der Waals surface area contributed by atoms with E-state index in [1.807, 2.05) is 0 Å². The molecule has 2 aromatic rings. The topological polar surface area (TPSA) is 87.7 Å². The SMILES string of the molecule is [N-]=[N+]=NC1c2cccnc2[C@H](N)CC[C@H]1c1cccc(F)c1F. The molecule has 23 heavy (non-hydrogen) atoms. The van der Waals surface area contributed by atoms with Gasteiger partial charge in [-0.25, -0.2) is 8.78 Å². The van der Waals surface area contributed by atoms with E-state index in [-0.39, 0.29) is 11.6 Å². The van der Waals surface area contributed by atoms with Crippen LogP contribution in [0, 0.1) is 11.6 Å². The molecular weight excluding hydrogens is 300 g/mol. The quantitative estimate of drug-likeness (QED) is 0.388. The zero-order chi connectivity index (χ0) is 16.4. The Hall–Kier alpha value is -2.50. The smallest absolute Gasteiger partial charge is 0.162 e. The highest BCUT2D eigenvalue weighted by Crippen LogP contribution is 2.44. The lowest BCUT2D eigenvalue weighted by Gasteiger charge is -2.23. The van der Waals surface area contributed by atoms with E-state index in [2.05, 4.69) is 15.0 Å². The molecule has 3 rings (SSSR count). The van der Waals surface area contributed by atoms with Gasteiger partial charge in [-0.15, -0.1) is 0 Å². The molecule has 5 nitrogen and oxygen atoms in total. The number of pyridine rings is 1. The second kappa shape index (κ2) is 6.32. The van der Waals surface area contributed by atoms with Crippen molar-refractivity contribution in [1.29, 1.82) is 0 Å². The molecule has 1 aromatic carbocycles. The van der Waals surface area contributed by atoms with Crippen molar-refractivity contribution in [3.63, 3.8) is 0 Å². The first-order chi connectivity index (χ1) is 11.1. The van der Waals surface area contributed by atoms with Crippen molar-refractivity contribution in [2.75, 3.05) is 0 Å². The third kappa shape index (κ3) is 2.76. The lowest BCUT2D eigenvalue weighted by atomic mass is 9.86. The number of fused-ring (bicyclic) bond motifs is 1. The van der Waals surface area contributed by atoms with Gasteiger partial charge in [-0.3, -0.25) is 4.98 Å². The molecular formula is C16H15F2N5. The Morgan fingerprint density at radius 1 is 1.17 bits per heavy atom. The predicted octanol–water partition coefficient (Wildman–Crippen LogP) is 4.29. The van der Waals surface area contributed by atoms with Crippen LogP contribution < -0.4 is 5.73 Å². The Morgan fingerprint density at radius 3 is 2.74 bits per heavy atom. The van der Waals surface area contributed by atoms with Gasteiger partial charge in [0.05, 0.1) is 11.7 Å². The number of azide groups is 1. The van der Waals surface area contributed by atoms with Gasteiger partial charge in [0.15, 0.2) is 11.6 Å². The first-order valence-corrected chi connectivity index (χ1v) is 7.32. The highest BCUT2D eigenvalue weighted by atomic mass is 19.2. The normalized spacial score (nSPS) is 23.5. The largest absolute Gasteiger partial charge is 0.323 e. The fourth-order valence-corrected chi connectivity index (χ4v) is 3.19. The van der Waals surface area contributed by atoms with E-state index < -0.39 is 23.6 Å². The molecule has 0 aliphatic heterocycles. The molecule has 118 valence electrons. The molecule has 0 saturated heterocycles. The van der Waals surface area contributed by atoms with Crippen molar-refractivity contribution in [2.45, 2.75) is 30.8 Å². The zero-order valence-corrected chi connectivity index (χ0v) is 12.2. The number of aromatic nitrogens is 1. The standard InChI is InChI=1S/C16H15F2N5/c17-12-5-1-3-9(14(12)18)10-6-7-13(19)16-11(4-2-8-21-16)15(10)22-23-20/h1-5,8,10,13,15H,6-7,19H2/t10-,13+,15?/m0/s1. The number of nitrogens with two attached hydrogens (primary N) is 1. The summed E-state index contributed by atoms with van der Waals surface area (Å²) in [4.78, 5) is 7.18. The van der Waals surface area contributed by atoms with Crippen molar-refractivity contribution in [3.8, 4) is 0 Å². The Morgan fingerprint density at radius 2 is 1.96 bits per heavy atom. The van der Waals surface area contributed by atoms with Gasteiger partial charge in [0, 0.05) is 17.2 Å². The van der Waals surface area contributed by atoms with Crippen molar-refractivity contribution < 1.29 is 8.78 Å². The number of hydrogen-bond donors (Lipinski definition) is 1. The van der Waals surface area contributed by atoms with Gasteiger partial charge in [-0.2, -0.15) is 0 Å². The summed E-state index contributed by atoms with van der Waals surface area (Å²) in [6.07, 6.45) is 2.64. The van der Waals surface area contributed by atoms with Crippen LogP contribution in [0.25, 0.3) is 10.4 Å². The molecule has 1 unspecified atom stereocenters. The molecule has 1 aromatic heterocycles. The lowest BCUT2D eigenvalue weighted by molar-refractivity contribution is 0.449. The minimum absolute atomic E-state index is 0.200. The Balaban J connectivity index is 2.17. The summed E-state index contributed by atoms with van der Waals surface area (Å²) >= 11 is 0. The highest BCUT2D eigenvalue weighted by molar-refractivity contribution is 5.34. The van der Waals surface area contributed by atoms with Crippen molar-refractivity contribution >= 4 is 0 Å². The van der Waals surface area contributed by atoms with Crippen LogP contribution in [0.4, 0.5) is 8.78 Å². The van der Waals surface area contributed by atoms with Crippen LogP contribution in [0.1, 0.15) is 47.7 Å². The molecule has 0 saturated carbocycles. The van der Waals surface area contributed by atoms with E-state index in [0.717, 1.165) is 6.07 Å². The summed E-state index contributed by atoms with van der Waals surface area (Å²) in [5.74, 6) is -2.31. The monoisotopic (exact) mass is 315 g/mol. The van der Waals surface area contributed by atoms with Gasteiger partial charge in [0.1, 0.15) is 0 Å². The number of halogens is 2. The van der Waals surface area contributed by atoms with Crippen LogP contribution in [-0.4, -0.2) is 4.98 Å². The molecule has 0 bridgehead atoms. The summed E-state index contributed by atoms with van der Waals surface area (Å²) in [7, 11) is 0. The highest BCUT2D eigenvalue weighted by Gasteiger charge is 2.33. The number of rotatable bonds is 2. The van der Waals surface area contributed by atoms with Crippen LogP contribution in [0.3, 0.4) is 0 Å². The molecule has 0 fully saturated rings. The van der Waals surface area contributed by atoms with Gasteiger partial charge in [-0.1, -0.05) is 23.3 Å². The maximum atomic E-state index is 14.2. The first kappa shape index (κ1) is 15.4. The molecule has 1 aliphatic rings. The van der Waals surface area contributed by atoms with Gasteiger partial charge >= 0.3 is 0 Å². The fourth-order valence-electron chi connectivity index (χ4n) is 3.19. The van der Waals surface area contributed by atoms with Crippen LogP contribution in [-0.2, 0) is 0 Å². The average molecular weight is 315 g/mol. The van der Waals surface area contributed by atoms with E-state index in [1.54, 1.807) is 18.3 Å². The summed E-state index contributed by atoms with van der Waals surface area (Å²) in [5, 5.41) is 3.84. The number of nitrogens with zero attached hydrogens (tertiary/aromatic N) is 4. The average Bonchev–Trinajstić information content (AvgIpc) is 2.69. The Kier molecular flexibility index (Phi) is 4.23. The molecule has 1 aliphatic carbocycles. The minimum atomic E-state index is -0.915. The van der Waals surface area contributed by atoms with Crippen LogP contribution in [0.15, 0.2) is 41.6 Å². The maximum absolute atomic E-state index is 14.2. The molecule has 1 heterocycles. The predicted molar refractivity (Wildman–Crippen MR) is 81.4 cm³/mol. The van der Waals surface area contributed by atoms with Gasteiger partial charge in [-0.05, 0) is 47.6 Å². The Bertz CT molecular complexity index is 773. The van der Waals surface area contributed by atoms with E-state index in [9.17, 15) is 8.78 Å². The number of hydrogen-bond acceptors (Lipinski definition) is 3. The van der Waals surface area contributed by atoms with E-state index >= 15 is 0 Å². The van der Waals surface area contributed by atoms with E-state index in [4.69, 9.17) is 11.3 Å². The molecule has 2 N–H and O–H groups in total. The first-order valence-electron chi connectivity index (χ1n) is 7.32. The lowest BCUT2D eigenvalue weighted by Crippen LogP contribution is -2.13. The van der Waals surface area contributed by atoms with Gasteiger partial charge in [0.2, 0.25) is 0 Å². The van der Waals surface area contributed by atoms with E-state index in [0.29, 0.717) is 24.1 Å². The van der Waals surface area contributed by atoms with Gasteiger partial charge in [0.25, 0.3) is 0 Å². The van der Waals surface area contributed by atoms with Crippen molar-refractivity contribution in [1.82, 2.24) is 4.98 Å². The zero-order valence-electron chi connectivity index (χ0n) is 12.2. The van der Waals surface area contributed by atoms with Crippen molar-refractivity contribution in [3.05, 3.63) is 75.4 Å². The molecule has 0 radical (unpaired) electrons. The third-order valence-corrected chi connectivity index (χ3v) is 4.27. The molecule has 0 amide bonds. The summed E-state index contributed by atoms with van der Waals surface area (Å²) < 4.78 is 27.9. The molecule has 0 spiro atoms. The second-order valence-electron chi connectivity index (χ2n) is 5.56. The van der Waals surface area contributed by atoms with Crippen LogP contribution in [0.2, 0.25) is 0 Å². The number of benzene rings is 1. The second-order valence-corrected chi connectivity index (χ2v) is 5.56. The third-order valence-electron chi connectivity index (χ3n) is 4.27. The van der Waals surface area contributed by atoms with Crippen LogP contribution in [0.5, 0.6) is 0 Å². The summed E-state index contributed by atoms with van der Waals surface area (Å²) in [6.45, 7) is 0. The molecule has 7 heteroatoms. The fraction of sp³-hybridized carbons (Fsp3) is 0.312.